The molecule has 10 heteroatoms. The number of carbonyl (C=O) groups is 2. The van der Waals surface area contributed by atoms with Crippen LogP contribution in [0.2, 0.25) is 5.02 Å². The second-order valence-electron chi connectivity index (χ2n) is 5.47. The number of carbonyl (C=O) groups excluding carboxylic acids is 2. The van der Waals surface area contributed by atoms with Gasteiger partial charge in [0.25, 0.3) is 11.8 Å². The molecule has 0 bridgehead atoms. The lowest BCUT2D eigenvalue weighted by Gasteiger charge is -2.15. The third-order valence-electron chi connectivity index (χ3n) is 3.50. The standard InChI is InChI=1S/C17H18ClN3O5S/c1-11(21-27(24,25)15-9-7-14(26-2)8-10-15)16(22)19-20-17(23)12-3-5-13(18)6-4-12/h3-11,21H,1-2H3,(H,19,22)(H,20,23)/t11-/m0/s1. The van der Waals surface area contributed by atoms with Gasteiger partial charge < -0.3 is 4.74 Å². The summed E-state index contributed by atoms with van der Waals surface area (Å²) in [6.07, 6.45) is 0. The molecule has 2 aromatic rings. The van der Waals surface area contributed by atoms with Crippen LogP contribution in [0.1, 0.15) is 17.3 Å². The molecule has 0 aromatic heterocycles. The van der Waals surface area contributed by atoms with E-state index in [1.165, 1.54) is 62.6 Å². The van der Waals surface area contributed by atoms with Crippen molar-refractivity contribution in [2.45, 2.75) is 17.9 Å². The first-order chi connectivity index (χ1) is 12.7. The number of sulfonamides is 1. The molecule has 0 radical (unpaired) electrons. The van der Waals surface area contributed by atoms with Gasteiger partial charge in [-0.3, -0.25) is 20.4 Å². The van der Waals surface area contributed by atoms with Gasteiger partial charge in [-0.1, -0.05) is 11.6 Å². The highest BCUT2D eigenvalue weighted by Crippen LogP contribution is 2.15. The Morgan fingerprint density at radius 1 is 1.00 bits per heavy atom. The van der Waals surface area contributed by atoms with Crippen molar-refractivity contribution in [2.24, 2.45) is 0 Å². The Morgan fingerprint density at radius 3 is 2.15 bits per heavy atom. The summed E-state index contributed by atoms with van der Waals surface area (Å²) in [5, 5.41) is 0.470. The van der Waals surface area contributed by atoms with Gasteiger partial charge in [0.2, 0.25) is 10.0 Å². The molecule has 0 saturated carbocycles. The van der Waals surface area contributed by atoms with Crippen molar-refractivity contribution in [1.29, 1.82) is 0 Å². The lowest BCUT2D eigenvalue weighted by molar-refractivity contribution is -0.123. The molecule has 27 heavy (non-hydrogen) atoms. The Bertz CT molecular complexity index is 915. The number of hydrazine groups is 1. The number of halogens is 1. The summed E-state index contributed by atoms with van der Waals surface area (Å²) in [5.41, 5.74) is 4.66. The number of ether oxygens (including phenoxy) is 1. The Kier molecular flexibility index (Phi) is 6.78. The van der Waals surface area contributed by atoms with E-state index in [2.05, 4.69) is 15.6 Å². The molecule has 1 atom stereocenters. The van der Waals surface area contributed by atoms with Gasteiger partial charge in [-0.25, -0.2) is 8.42 Å². The van der Waals surface area contributed by atoms with Gasteiger partial charge in [-0.05, 0) is 55.5 Å². The maximum absolute atomic E-state index is 12.3. The van der Waals surface area contributed by atoms with Crippen molar-refractivity contribution in [1.82, 2.24) is 15.6 Å². The number of methoxy groups -OCH3 is 1. The minimum Gasteiger partial charge on any atom is -0.497 e. The van der Waals surface area contributed by atoms with Crippen LogP contribution in [0.25, 0.3) is 0 Å². The van der Waals surface area contributed by atoms with Crippen LogP contribution in [0.5, 0.6) is 5.75 Å². The Balaban J connectivity index is 1.93. The molecule has 2 aromatic carbocycles. The Hall–Kier alpha value is -2.62. The highest BCUT2D eigenvalue weighted by Gasteiger charge is 2.22. The minimum atomic E-state index is -3.92. The van der Waals surface area contributed by atoms with E-state index in [9.17, 15) is 18.0 Å². The van der Waals surface area contributed by atoms with Crippen molar-refractivity contribution in [3.8, 4) is 5.75 Å². The maximum atomic E-state index is 12.3. The average Bonchev–Trinajstić information content (AvgIpc) is 2.66. The van der Waals surface area contributed by atoms with E-state index in [0.29, 0.717) is 10.8 Å². The van der Waals surface area contributed by atoms with Gasteiger partial charge in [0.15, 0.2) is 0 Å². The highest BCUT2D eigenvalue weighted by atomic mass is 35.5. The molecule has 0 saturated heterocycles. The average molecular weight is 412 g/mol. The zero-order valence-electron chi connectivity index (χ0n) is 14.5. The topological polar surface area (TPSA) is 114 Å². The molecule has 3 N–H and O–H groups in total. The van der Waals surface area contributed by atoms with Crippen LogP contribution in [0.15, 0.2) is 53.4 Å². The van der Waals surface area contributed by atoms with Crippen molar-refractivity contribution in [3.63, 3.8) is 0 Å². The van der Waals surface area contributed by atoms with Gasteiger partial charge in [0.05, 0.1) is 18.0 Å². The zero-order chi connectivity index (χ0) is 20.0. The van der Waals surface area contributed by atoms with E-state index in [4.69, 9.17) is 16.3 Å². The molecule has 0 heterocycles. The molecule has 2 amide bonds. The van der Waals surface area contributed by atoms with Crippen LogP contribution in [0.4, 0.5) is 0 Å². The summed E-state index contributed by atoms with van der Waals surface area (Å²) in [5.74, 6) is -0.788. The fraction of sp³-hybridized carbons (Fsp3) is 0.176. The largest absolute Gasteiger partial charge is 0.497 e. The molecule has 0 aliphatic heterocycles. The first-order valence-electron chi connectivity index (χ1n) is 7.75. The fourth-order valence-corrected chi connectivity index (χ4v) is 3.34. The van der Waals surface area contributed by atoms with Crippen LogP contribution in [-0.4, -0.2) is 33.4 Å². The monoisotopic (exact) mass is 411 g/mol. The van der Waals surface area contributed by atoms with E-state index < -0.39 is 27.9 Å². The van der Waals surface area contributed by atoms with Crippen LogP contribution in [0.3, 0.4) is 0 Å². The lowest BCUT2D eigenvalue weighted by atomic mass is 10.2. The van der Waals surface area contributed by atoms with Gasteiger partial charge >= 0.3 is 0 Å². The van der Waals surface area contributed by atoms with E-state index >= 15 is 0 Å². The summed E-state index contributed by atoms with van der Waals surface area (Å²) < 4.78 is 31.8. The van der Waals surface area contributed by atoms with E-state index in [-0.39, 0.29) is 10.5 Å². The molecular formula is C17H18ClN3O5S. The van der Waals surface area contributed by atoms with Gasteiger partial charge in [-0.15, -0.1) is 0 Å². The molecular weight excluding hydrogens is 394 g/mol. The van der Waals surface area contributed by atoms with E-state index in [0.717, 1.165) is 0 Å². The highest BCUT2D eigenvalue weighted by molar-refractivity contribution is 7.89. The van der Waals surface area contributed by atoms with Crippen LogP contribution < -0.4 is 20.3 Å². The smallest absolute Gasteiger partial charge is 0.269 e. The van der Waals surface area contributed by atoms with E-state index in [1.807, 2.05) is 0 Å². The molecule has 144 valence electrons. The molecule has 0 spiro atoms. The molecule has 0 aliphatic rings. The second-order valence-corrected chi connectivity index (χ2v) is 7.62. The maximum Gasteiger partial charge on any atom is 0.269 e. The first kappa shape index (κ1) is 20.7. The number of hydrogen-bond acceptors (Lipinski definition) is 5. The van der Waals surface area contributed by atoms with Crippen LogP contribution in [-0.2, 0) is 14.8 Å². The number of nitrogens with one attached hydrogen (secondary N) is 3. The number of rotatable bonds is 6. The minimum absolute atomic E-state index is 0.0202. The Labute approximate surface area is 161 Å². The van der Waals surface area contributed by atoms with Crippen molar-refractivity contribution in [2.75, 3.05) is 7.11 Å². The van der Waals surface area contributed by atoms with Gasteiger partial charge in [-0.2, -0.15) is 4.72 Å². The van der Waals surface area contributed by atoms with Gasteiger partial charge in [0, 0.05) is 10.6 Å². The third-order valence-corrected chi connectivity index (χ3v) is 5.31. The van der Waals surface area contributed by atoms with Crippen molar-refractivity contribution < 1.29 is 22.7 Å². The Morgan fingerprint density at radius 2 is 1.59 bits per heavy atom. The van der Waals surface area contributed by atoms with Crippen LogP contribution in [0, 0.1) is 0 Å². The second kappa shape index (κ2) is 8.85. The fourth-order valence-electron chi connectivity index (χ4n) is 2.01. The number of amides is 2. The lowest BCUT2D eigenvalue weighted by Crippen LogP contribution is -2.51. The van der Waals surface area contributed by atoms with Crippen LogP contribution >= 0.6 is 11.6 Å². The predicted molar refractivity (Wildman–Crippen MR) is 99.8 cm³/mol. The third kappa shape index (κ3) is 5.68. The molecule has 8 nitrogen and oxygen atoms in total. The zero-order valence-corrected chi connectivity index (χ0v) is 16.1. The first-order valence-corrected chi connectivity index (χ1v) is 9.61. The summed E-state index contributed by atoms with van der Waals surface area (Å²) in [6.45, 7) is 1.35. The van der Waals surface area contributed by atoms with Crippen molar-refractivity contribution >= 4 is 33.4 Å². The van der Waals surface area contributed by atoms with Crippen molar-refractivity contribution in [3.05, 3.63) is 59.1 Å². The quantitative estimate of drug-likeness (QED) is 0.623. The number of benzene rings is 2. The summed E-state index contributed by atoms with van der Waals surface area (Å²) >= 11 is 5.74. The summed E-state index contributed by atoms with van der Waals surface area (Å²) in [7, 11) is -2.45. The molecule has 0 unspecified atom stereocenters. The SMILES string of the molecule is COc1ccc(S(=O)(=O)N[C@@H](C)C(=O)NNC(=O)c2ccc(Cl)cc2)cc1. The number of hydrogen-bond donors (Lipinski definition) is 3. The summed E-state index contributed by atoms with van der Waals surface area (Å²) in [6, 6.07) is 10.6. The van der Waals surface area contributed by atoms with Gasteiger partial charge in [0.1, 0.15) is 5.75 Å². The molecule has 0 fully saturated rings. The summed E-state index contributed by atoms with van der Waals surface area (Å²) in [4.78, 5) is 24.0. The van der Waals surface area contributed by atoms with E-state index in [1.54, 1.807) is 0 Å². The normalized spacial score (nSPS) is 12.1. The molecule has 2 rings (SSSR count). The predicted octanol–water partition coefficient (Wildman–Crippen LogP) is 1.48. The molecule has 0 aliphatic carbocycles.